The highest BCUT2D eigenvalue weighted by atomic mass is 32.2. The van der Waals surface area contributed by atoms with Crippen LogP contribution in [0.1, 0.15) is 6.42 Å². The Morgan fingerprint density at radius 2 is 2.32 bits per heavy atom. The van der Waals surface area contributed by atoms with E-state index in [0.717, 1.165) is 16.6 Å². The van der Waals surface area contributed by atoms with E-state index in [2.05, 4.69) is 30.1 Å². The molecule has 2 N–H and O–H groups in total. The van der Waals surface area contributed by atoms with Crippen molar-refractivity contribution in [1.82, 2.24) is 30.1 Å². The highest BCUT2D eigenvalue weighted by Crippen LogP contribution is 2.30. The van der Waals surface area contributed by atoms with Gasteiger partial charge in [-0.2, -0.15) is 10.4 Å². The molecule has 4 rings (SSSR count). The first kappa shape index (κ1) is 15.7. The van der Waals surface area contributed by atoms with E-state index >= 15 is 0 Å². The van der Waals surface area contributed by atoms with Crippen LogP contribution in [0.5, 0.6) is 0 Å². The van der Waals surface area contributed by atoms with Crippen LogP contribution in [-0.2, 0) is 10.0 Å². The van der Waals surface area contributed by atoms with Gasteiger partial charge in [-0.15, -0.1) is 10.2 Å². The molecule has 25 heavy (non-hydrogen) atoms. The fraction of sp³-hybridized carbons (Fsp3) is 0.357. The van der Waals surface area contributed by atoms with Gasteiger partial charge in [0.25, 0.3) is 0 Å². The van der Waals surface area contributed by atoms with Crippen molar-refractivity contribution in [3.63, 3.8) is 0 Å². The zero-order chi connectivity index (χ0) is 17.4. The summed E-state index contributed by atoms with van der Waals surface area (Å²) in [6.07, 6.45) is 3.91. The molecule has 1 aliphatic heterocycles. The van der Waals surface area contributed by atoms with Crippen LogP contribution in [0.25, 0.3) is 21.9 Å². The third-order valence-electron chi connectivity index (χ3n) is 4.16. The molecule has 10 nitrogen and oxygen atoms in total. The number of H-pyrrole nitrogens is 1. The number of nitriles is 1. The van der Waals surface area contributed by atoms with Gasteiger partial charge in [0, 0.05) is 30.7 Å². The van der Waals surface area contributed by atoms with E-state index in [1.54, 1.807) is 18.5 Å². The Labute approximate surface area is 142 Å². The molecule has 0 spiro atoms. The molecule has 1 unspecified atom stereocenters. The lowest BCUT2D eigenvalue weighted by molar-refractivity contribution is 0.564. The van der Waals surface area contributed by atoms with Crippen molar-refractivity contribution in [2.24, 2.45) is 0 Å². The van der Waals surface area contributed by atoms with Crippen molar-refractivity contribution < 1.29 is 8.42 Å². The van der Waals surface area contributed by atoms with Crippen LogP contribution in [0, 0.1) is 11.3 Å². The Kier molecular flexibility index (Phi) is 3.70. The Balaban J connectivity index is 1.67. The van der Waals surface area contributed by atoms with Crippen LogP contribution in [0.2, 0.25) is 0 Å². The van der Waals surface area contributed by atoms with Gasteiger partial charge in [0.2, 0.25) is 10.0 Å². The van der Waals surface area contributed by atoms with Crippen molar-refractivity contribution in [2.45, 2.75) is 12.5 Å². The summed E-state index contributed by atoms with van der Waals surface area (Å²) >= 11 is 0. The first-order valence-electron chi connectivity index (χ1n) is 7.64. The monoisotopic (exact) mass is 358 g/mol. The topological polar surface area (TPSA) is 141 Å². The highest BCUT2D eigenvalue weighted by Gasteiger charge is 2.28. The molecule has 1 saturated heterocycles. The molecule has 0 radical (unpaired) electrons. The molecule has 128 valence electrons. The Morgan fingerprint density at radius 3 is 3.16 bits per heavy atom. The zero-order valence-electron chi connectivity index (χ0n) is 13.0. The number of nitrogens with zero attached hydrogens (tertiary/aromatic N) is 6. The van der Waals surface area contributed by atoms with E-state index in [1.165, 1.54) is 0 Å². The van der Waals surface area contributed by atoms with Crippen LogP contribution in [0.3, 0.4) is 0 Å². The van der Waals surface area contributed by atoms with E-state index in [1.807, 2.05) is 11.0 Å². The summed E-state index contributed by atoms with van der Waals surface area (Å²) in [6.45, 7) is 1.12. The largest absolute Gasteiger partial charge is 0.355 e. The van der Waals surface area contributed by atoms with E-state index in [9.17, 15) is 8.42 Å². The molecule has 1 fully saturated rings. The third-order valence-corrected chi connectivity index (χ3v) is 5.36. The van der Waals surface area contributed by atoms with Gasteiger partial charge in [-0.3, -0.25) is 5.10 Å². The number of hydrogen-bond acceptors (Lipinski definition) is 8. The first-order valence-corrected chi connectivity index (χ1v) is 9.29. The third kappa shape index (κ3) is 2.86. The quantitative estimate of drug-likeness (QED) is 0.660. The summed E-state index contributed by atoms with van der Waals surface area (Å²) < 4.78 is 26.1. The number of nitrogens with one attached hydrogen (secondary N) is 2. The number of rotatable bonds is 4. The van der Waals surface area contributed by atoms with Gasteiger partial charge in [-0.1, -0.05) is 0 Å². The first-order chi connectivity index (χ1) is 12.1. The van der Waals surface area contributed by atoms with Crippen molar-refractivity contribution in [1.29, 1.82) is 5.26 Å². The molecule has 0 amide bonds. The lowest BCUT2D eigenvalue weighted by Crippen LogP contribution is -2.38. The maximum atomic E-state index is 11.8. The van der Waals surface area contributed by atoms with Gasteiger partial charge < -0.3 is 4.90 Å². The number of fused-ring (bicyclic) bond motifs is 3. The average molecular weight is 358 g/mol. The summed E-state index contributed by atoms with van der Waals surface area (Å²) in [5.74, 6) is 0.216. The molecule has 1 atom stereocenters. The minimum atomic E-state index is -3.58. The molecular formula is C14H14N8O2S. The molecule has 11 heteroatoms. The van der Waals surface area contributed by atoms with Crippen LogP contribution in [0.15, 0.2) is 18.5 Å². The average Bonchev–Trinajstić information content (AvgIpc) is 3.22. The van der Waals surface area contributed by atoms with E-state index < -0.39 is 15.8 Å². The lowest BCUT2D eigenvalue weighted by Gasteiger charge is -2.20. The predicted octanol–water partition coefficient (Wildman–Crippen LogP) is -0.0772. The minimum absolute atomic E-state index is 0.259. The van der Waals surface area contributed by atoms with Crippen LogP contribution in [0.4, 0.5) is 5.82 Å². The van der Waals surface area contributed by atoms with Gasteiger partial charge >= 0.3 is 0 Å². The number of sulfonamides is 1. The van der Waals surface area contributed by atoms with Gasteiger partial charge in [0.1, 0.15) is 11.3 Å². The maximum Gasteiger partial charge on any atom is 0.225 e. The molecular weight excluding hydrogens is 344 g/mol. The fourth-order valence-electron chi connectivity index (χ4n) is 3.11. The molecule has 3 aromatic rings. The van der Waals surface area contributed by atoms with E-state index in [4.69, 9.17) is 5.26 Å². The number of aromatic nitrogens is 5. The standard InChI is InChI=1S/C14H14N8O2S/c15-3-6-25(23,24)21-9-2-5-22(8-9)14-12-10-1-4-16-13(10)19-18-11(12)7-17-20-14/h1,4,7,9,20-21H,2,5-6,8H2. The lowest BCUT2D eigenvalue weighted by atomic mass is 10.2. The van der Waals surface area contributed by atoms with Crippen LogP contribution in [-0.4, -0.2) is 58.7 Å². The Bertz CT molecular complexity index is 1090. The second-order valence-electron chi connectivity index (χ2n) is 5.83. The van der Waals surface area contributed by atoms with Crippen molar-refractivity contribution in [2.75, 3.05) is 23.7 Å². The Hall–Kier alpha value is -2.84. The predicted molar refractivity (Wildman–Crippen MR) is 90.1 cm³/mol. The number of anilines is 1. The summed E-state index contributed by atoms with van der Waals surface area (Å²) in [6, 6.07) is 3.27. The molecule has 1 aliphatic rings. The molecule has 0 aliphatic carbocycles. The van der Waals surface area contributed by atoms with Crippen molar-refractivity contribution in [3.05, 3.63) is 18.5 Å². The van der Waals surface area contributed by atoms with E-state index in [-0.39, 0.29) is 6.04 Å². The van der Waals surface area contributed by atoms with Gasteiger partial charge in [0.15, 0.2) is 11.4 Å². The summed E-state index contributed by atoms with van der Waals surface area (Å²) in [4.78, 5) is 6.19. The normalized spacial score (nSPS) is 18.0. The smallest absolute Gasteiger partial charge is 0.225 e. The minimum Gasteiger partial charge on any atom is -0.355 e. The molecule has 0 bridgehead atoms. The van der Waals surface area contributed by atoms with E-state index in [0.29, 0.717) is 30.7 Å². The highest BCUT2D eigenvalue weighted by molar-refractivity contribution is 7.89. The van der Waals surface area contributed by atoms with Gasteiger partial charge in [0.05, 0.1) is 17.7 Å². The van der Waals surface area contributed by atoms with Crippen LogP contribution < -0.4 is 9.62 Å². The van der Waals surface area contributed by atoms with Crippen molar-refractivity contribution in [3.8, 4) is 6.07 Å². The van der Waals surface area contributed by atoms with Crippen molar-refractivity contribution >= 4 is 37.8 Å². The zero-order valence-corrected chi connectivity index (χ0v) is 13.9. The van der Waals surface area contributed by atoms with Gasteiger partial charge in [-0.25, -0.2) is 18.1 Å². The molecule has 3 aromatic heterocycles. The fourth-order valence-corrected chi connectivity index (χ4v) is 4.06. The van der Waals surface area contributed by atoms with Gasteiger partial charge in [-0.05, 0) is 12.5 Å². The van der Waals surface area contributed by atoms with Crippen LogP contribution >= 0.6 is 0 Å². The summed E-state index contributed by atoms with van der Waals surface area (Å²) in [5.41, 5.74) is 1.20. The summed E-state index contributed by atoms with van der Waals surface area (Å²) in [7, 11) is -3.58. The SMILES string of the molecule is N#CCS(=O)(=O)NC1CCN(c2[nH]ncc3nnc4nccc4c23)C1. The second-order valence-corrected chi connectivity index (χ2v) is 7.58. The molecule has 0 aromatic carbocycles. The Morgan fingerprint density at radius 1 is 1.44 bits per heavy atom. The number of hydrogen-bond donors (Lipinski definition) is 2. The second kappa shape index (κ2) is 5.91. The summed E-state index contributed by atoms with van der Waals surface area (Å²) in [5, 5.41) is 25.6. The molecule has 0 saturated carbocycles. The maximum absolute atomic E-state index is 11.8. The molecule has 4 heterocycles. The number of aromatic amines is 1.